The number of hydrogen-bond donors (Lipinski definition) is 0. The second-order valence-corrected chi connectivity index (χ2v) is 7.78. The summed E-state index contributed by atoms with van der Waals surface area (Å²) in [5.41, 5.74) is 0.557. The Kier molecular flexibility index (Phi) is 6.12. The number of benzene rings is 2. The van der Waals surface area contributed by atoms with Crippen LogP contribution in [0.2, 0.25) is 0 Å². The third kappa shape index (κ3) is 5.10. The third-order valence-corrected chi connectivity index (χ3v) is 4.72. The van der Waals surface area contributed by atoms with Crippen LogP contribution in [-0.2, 0) is 0 Å². The quantitative estimate of drug-likeness (QED) is 0.541. The van der Waals surface area contributed by atoms with Crippen LogP contribution in [-0.4, -0.2) is 17.0 Å². The molecule has 0 radical (unpaired) electrons. The van der Waals surface area contributed by atoms with Crippen molar-refractivity contribution in [3.8, 4) is 11.5 Å². The molecule has 0 aliphatic carbocycles. The van der Waals surface area contributed by atoms with Crippen molar-refractivity contribution in [2.45, 2.75) is 65.6 Å². The van der Waals surface area contributed by atoms with Gasteiger partial charge in [-0.25, -0.2) is 0 Å². The highest BCUT2D eigenvalue weighted by Gasteiger charge is 2.24. The van der Waals surface area contributed by atoms with Crippen molar-refractivity contribution in [1.29, 1.82) is 0 Å². The summed E-state index contributed by atoms with van der Waals surface area (Å²) in [5, 5.41) is 0. The molecular weight excluding hydrogens is 324 g/mol. The number of ketones is 1. The lowest BCUT2D eigenvalue weighted by atomic mass is 10.0. The van der Waals surface area contributed by atoms with Crippen molar-refractivity contribution in [3.05, 3.63) is 59.7 Å². The van der Waals surface area contributed by atoms with Crippen LogP contribution in [0.4, 0.5) is 0 Å². The first kappa shape index (κ1) is 20.0. The molecule has 26 heavy (non-hydrogen) atoms. The second-order valence-electron chi connectivity index (χ2n) is 7.78. The highest BCUT2D eigenvalue weighted by atomic mass is 16.5. The van der Waals surface area contributed by atoms with Gasteiger partial charge in [0.1, 0.15) is 22.7 Å². The smallest absolute Gasteiger partial charge is 0.196 e. The Morgan fingerprint density at radius 2 is 1.42 bits per heavy atom. The minimum absolute atomic E-state index is 0.0474. The van der Waals surface area contributed by atoms with Gasteiger partial charge in [-0.2, -0.15) is 0 Å². The molecule has 0 aromatic heterocycles. The van der Waals surface area contributed by atoms with E-state index in [0.29, 0.717) is 22.6 Å². The molecule has 0 aliphatic heterocycles. The van der Waals surface area contributed by atoms with Gasteiger partial charge in [0.15, 0.2) is 5.78 Å². The fourth-order valence-electron chi connectivity index (χ4n) is 2.34. The van der Waals surface area contributed by atoms with E-state index < -0.39 is 0 Å². The van der Waals surface area contributed by atoms with Gasteiger partial charge >= 0.3 is 0 Å². The van der Waals surface area contributed by atoms with Crippen molar-refractivity contribution < 1.29 is 14.3 Å². The standard InChI is InChI=1S/C23H30O3/c1-7-22(3,4)25-18-14-15-19(20(16-18)26-23(5,6)8-2)21(24)17-12-10-9-11-13-17/h9-16H,7-8H2,1-6H3. The van der Waals surface area contributed by atoms with E-state index in [1.807, 2.05) is 70.2 Å². The number of rotatable bonds is 8. The van der Waals surface area contributed by atoms with E-state index >= 15 is 0 Å². The van der Waals surface area contributed by atoms with Crippen molar-refractivity contribution >= 4 is 5.78 Å². The maximum atomic E-state index is 13.0. The monoisotopic (exact) mass is 354 g/mol. The van der Waals surface area contributed by atoms with Crippen LogP contribution in [0.15, 0.2) is 48.5 Å². The molecule has 0 aliphatic rings. The molecule has 0 heterocycles. The Morgan fingerprint density at radius 3 is 2.00 bits per heavy atom. The normalized spacial score (nSPS) is 11.9. The summed E-state index contributed by atoms with van der Waals surface area (Å²) < 4.78 is 12.3. The van der Waals surface area contributed by atoms with E-state index in [1.165, 1.54) is 0 Å². The molecule has 0 N–H and O–H groups in total. The van der Waals surface area contributed by atoms with Crippen molar-refractivity contribution in [2.24, 2.45) is 0 Å². The maximum Gasteiger partial charge on any atom is 0.196 e. The minimum Gasteiger partial charge on any atom is -0.488 e. The van der Waals surface area contributed by atoms with Crippen LogP contribution in [0.5, 0.6) is 11.5 Å². The SMILES string of the molecule is CCC(C)(C)Oc1ccc(C(=O)c2ccccc2)c(OC(C)(C)CC)c1. The maximum absolute atomic E-state index is 13.0. The molecule has 0 unspecified atom stereocenters. The van der Waals surface area contributed by atoms with E-state index in [0.717, 1.165) is 12.8 Å². The molecule has 2 rings (SSSR count). The average Bonchev–Trinajstić information content (AvgIpc) is 2.61. The number of carbonyl (C=O) groups is 1. The van der Waals surface area contributed by atoms with Gasteiger partial charge in [-0.05, 0) is 52.7 Å². The summed E-state index contributed by atoms with van der Waals surface area (Å²) in [6.07, 6.45) is 1.71. The van der Waals surface area contributed by atoms with Crippen molar-refractivity contribution in [1.82, 2.24) is 0 Å². The fourth-order valence-corrected chi connectivity index (χ4v) is 2.34. The molecule has 0 saturated heterocycles. The lowest BCUT2D eigenvalue weighted by Gasteiger charge is -2.28. The molecule has 0 saturated carbocycles. The largest absolute Gasteiger partial charge is 0.488 e. The number of hydrogen-bond acceptors (Lipinski definition) is 3. The molecule has 0 fully saturated rings. The molecule has 0 amide bonds. The average molecular weight is 354 g/mol. The third-order valence-electron chi connectivity index (χ3n) is 4.72. The highest BCUT2D eigenvalue weighted by molar-refractivity contribution is 6.10. The molecular formula is C23H30O3. The molecule has 2 aromatic carbocycles. The molecule has 0 bridgehead atoms. The number of ether oxygens (including phenoxy) is 2. The summed E-state index contributed by atoms with van der Waals surface area (Å²) in [6.45, 7) is 12.3. The molecule has 140 valence electrons. The van der Waals surface area contributed by atoms with E-state index in [2.05, 4.69) is 13.8 Å². The van der Waals surface area contributed by atoms with Gasteiger partial charge in [0.25, 0.3) is 0 Å². The summed E-state index contributed by atoms with van der Waals surface area (Å²) in [6, 6.07) is 14.8. The summed E-state index contributed by atoms with van der Waals surface area (Å²) in [4.78, 5) is 13.0. The van der Waals surface area contributed by atoms with Gasteiger partial charge in [-0.1, -0.05) is 44.2 Å². The Bertz CT molecular complexity index is 745. The summed E-state index contributed by atoms with van der Waals surface area (Å²) in [5.74, 6) is 1.23. The topological polar surface area (TPSA) is 35.5 Å². The Balaban J connectivity index is 2.45. The van der Waals surface area contributed by atoms with Crippen LogP contribution in [0.25, 0.3) is 0 Å². The first-order chi connectivity index (χ1) is 12.2. The molecule has 0 atom stereocenters. The van der Waals surface area contributed by atoms with Crippen molar-refractivity contribution in [3.63, 3.8) is 0 Å². The summed E-state index contributed by atoms with van der Waals surface area (Å²) in [7, 11) is 0. The summed E-state index contributed by atoms with van der Waals surface area (Å²) >= 11 is 0. The fraction of sp³-hybridized carbons (Fsp3) is 0.435. The predicted molar refractivity (Wildman–Crippen MR) is 106 cm³/mol. The molecule has 0 spiro atoms. The van der Waals surface area contributed by atoms with E-state index in [1.54, 1.807) is 6.07 Å². The van der Waals surface area contributed by atoms with Crippen LogP contribution in [0.3, 0.4) is 0 Å². The van der Waals surface area contributed by atoms with Crippen LogP contribution >= 0.6 is 0 Å². The molecule has 3 heteroatoms. The minimum atomic E-state index is -0.370. The highest BCUT2D eigenvalue weighted by Crippen LogP contribution is 2.32. The van der Waals surface area contributed by atoms with E-state index in [9.17, 15) is 4.79 Å². The molecule has 2 aromatic rings. The zero-order valence-electron chi connectivity index (χ0n) is 16.8. The lowest BCUT2D eigenvalue weighted by Crippen LogP contribution is -2.28. The second kappa shape index (κ2) is 7.94. The van der Waals surface area contributed by atoms with Crippen LogP contribution in [0, 0.1) is 0 Å². The van der Waals surface area contributed by atoms with Gasteiger partial charge in [-0.3, -0.25) is 4.79 Å². The van der Waals surface area contributed by atoms with Crippen LogP contribution < -0.4 is 9.47 Å². The van der Waals surface area contributed by atoms with Crippen LogP contribution in [0.1, 0.15) is 70.3 Å². The zero-order chi connectivity index (χ0) is 19.4. The van der Waals surface area contributed by atoms with Gasteiger partial charge < -0.3 is 9.47 Å². The van der Waals surface area contributed by atoms with Gasteiger partial charge in [0.2, 0.25) is 0 Å². The number of carbonyl (C=O) groups excluding carboxylic acids is 1. The van der Waals surface area contributed by atoms with E-state index in [-0.39, 0.29) is 17.0 Å². The lowest BCUT2D eigenvalue weighted by molar-refractivity contribution is 0.0922. The van der Waals surface area contributed by atoms with Gasteiger partial charge in [-0.15, -0.1) is 0 Å². The predicted octanol–water partition coefficient (Wildman–Crippen LogP) is 6.05. The van der Waals surface area contributed by atoms with Crippen molar-refractivity contribution in [2.75, 3.05) is 0 Å². The zero-order valence-corrected chi connectivity index (χ0v) is 16.8. The Labute approximate surface area is 157 Å². The van der Waals surface area contributed by atoms with Gasteiger partial charge in [0, 0.05) is 11.6 Å². The van der Waals surface area contributed by atoms with Gasteiger partial charge in [0.05, 0.1) is 5.56 Å². The first-order valence-corrected chi connectivity index (χ1v) is 9.29. The Morgan fingerprint density at radius 1 is 0.846 bits per heavy atom. The van der Waals surface area contributed by atoms with E-state index in [4.69, 9.17) is 9.47 Å². The molecule has 3 nitrogen and oxygen atoms in total. The first-order valence-electron chi connectivity index (χ1n) is 9.29. The Hall–Kier alpha value is -2.29.